The smallest absolute Gasteiger partial charge is 0.142 e. The van der Waals surface area contributed by atoms with Crippen molar-refractivity contribution in [3.05, 3.63) is 30.0 Å². The molecule has 0 amide bonds. The lowest BCUT2D eigenvalue weighted by Gasteiger charge is -2.16. The molecule has 0 saturated carbocycles. The quantitative estimate of drug-likeness (QED) is 0.757. The Morgan fingerprint density at radius 2 is 2.24 bits per heavy atom. The topological polar surface area (TPSA) is 71.3 Å². The molecule has 0 aliphatic carbocycles. The molecule has 0 aliphatic heterocycles. The maximum atomic E-state index is 10.2. The van der Waals surface area contributed by atoms with Crippen molar-refractivity contribution in [2.75, 3.05) is 7.11 Å². The molecule has 1 heterocycles. The number of benzene rings is 1. The van der Waals surface area contributed by atoms with Gasteiger partial charge < -0.3 is 20.6 Å². The van der Waals surface area contributed by atoms with E-state index in [1.807, 2.05) is 25.1 Å². The number of para-hydroxylation sites is 1. The molecule has 2 atom stereocenters. The Morgan fingerprint density at radius 3 is 2.88 bits per heavy atom. The van der Waals surface area contributed by atoms with E-state index >= 15 is 0 Å². The summed E-state index contributed by atoms with van der Waals surface area (Å²) in [6.07, 6.45) is 1.88. The highest BCUT2D eigenvalue weighted by Gasteiger charge is 2.19. The highest BCUT2D eigenvalue weighted by atomic mass is 16.5. The van der Waals surface area contributed by atoms with Crippen molar-refractivity contribution in [2.24, 2.45) is 5.73 Å². The van der Waals surface area contributed by atoms with E-state index in [1.54, 1.807) is 13.3 Å². The number of H-pyrrole nitrogens is 1. The maximum absolute atomic E-state index is 10.2. The molecule has 4 heteroatoms. The molecule has 0 radical (unpaired) electrons. The third-order valence-electron chi connectivity index (χ3n) is 3.12. The Bertz CT molecular complexity index is 507. The summed E-state index contributed by atoms with van der Waals surface area (Å²) in [6, 6.07) is 5.49. The highest BCUT2D eigenvalue weighted by molar-refractivity contribution is 5.88. The van der Waals surface area contributed by atoms with E-state index in [0.29, 0.717) is 0 Å². The van der Waals surface area contributed by atoms with Gasteiger partial charge in [0.2, 0.25) is 0 Å². The number of ether oxygens (including phenoxy) is 1. The van der Waals surface area contributed by atoms with Crippen molar-refractivity contribution in [2.45, 2.75) is 25.5 Å². The Balaban J connectivity index is 2.49. The van der Waals surface area contributed by atoms with Gasteiger partial charge in [0.05, 0.1) is 18.7 Å². The van der Waals surface area contributed by atoms with E-state index in [9.17, 15) is 5.11 Å². The van der Waals surface area contributed by atoms with Crippen LogP contribution in [0, 0.1) is 0 Å². The molecule has 92 valence electrons. The first-order chi connectivity index (χ1) is 8.19. The molecule has 2 rings (SSSR count). The minimum absolute atomic E-state index is 0.250. The Hall–Kier alpha value is -1.52. The number of hydrogen-bond acceptors (Lipinski definition) is 3. The summed E-state index contributed by atoms with van der Waals surface area (Å²) in [5.74, 6) is 0.769. The molecular weight excluding hydrogens is 216 g/mol. The predicted octanol–water partition coefficient (Wildman–Crippen LogP) is 1.95. The van der Waals surface area contributed by atoms with Gasteiger partial charge >= 0.3 is 0 Å². The Labute approximate surface area is 100 Å². The van der Waals surface area contributed by atoms with Crippen LogP contribution >= 0.6 is 0 Å². The average molecular weight is 234 g/mol. The van der Waals surface area contributed by atoms with E-state index in [4.69, 9.17) is 10.5 Å². The van der Waals surface area contributed by atoms with E-state index < -0.39 is 6.10 Å². The third kappa shape index (κ3) is 2.01. The van der Waals surface area contributed by atoms with E-state index in [0.717, 1.165) is 28.6 Å². The summed E-state index contributed by atoms with van der Waals surface area (Å²) < 4.78 is 5.26. The molecule has 4 nitrogen and oxygen atoms in total. The lowest BCUT2D eigenvalue weighted by Crippen LogP contribution is -2.27. The van der Waals surface area contributed by atoms with Gasteiger partial charge in [-0.25, -0.2) is 0 Å². The number of nitrogens with one attached hydrogen (secondary N) is 1. The van der Waals surface area contributed by atoms with Crippen LogP contribution in [-0.4, -0.2) is 23.2 Å². The molecule has 1 aromatic carbocycles. The van der Waals surface area contributed by atoms with Crippen molar-refractivity contribution < 1.29 is 9.84 Å². The van der Waals surface area contributed by atoms with Crippen LogP contribution in [-0.2, 0) is 0 Å². The van der Waals surface area contributed by atoms with Gasteiger partial charge in [-0.15, -0.1) is 0 Å². The first kappa shape index (κ1) is 12.0. The second-order valence-corrected chi connectivity index (χ2v) is 4.14. The van der Waals surface area contributed by atoms with Gasteiger partial charge in [-0.05, 0) is 12.5 Å². The second kappa shape index (κ2) is 4.77. The van der Waals surface area contributed by atoms with Crippen LogP contribution < -0.4 is 10.5 Å². The number of aliphatic hydroxyl groups excluding tert-OH is 1. The van der Waals surface area contributed by atoms with Gasteiger partial charge in [-0.2, -0.15) is 0 Å². The maximum Gasteiger partial charge on any atom is 0.142 e. The number of fused-ring (bicyclic) bond motifs is 1. The first-order valence-electron chi connectivity index (χ1n) is 5.76. The van der Waals surface area contributed by atoms with Crippen LogP contribution in [0.25, 0.3) is 10.9 Å². The van der Waals surface area contributed by atoms with Gasteiger partial charge in [0.25, 0.3) is 0 Å². The fourth-order valence-corrected chi connectivity index (χ4v) is 2.02. The molecule has 4 N–H and O–H groups in total. The monoisotopic (exact) mass is 234 g/mol. The molecule has 0 bridgehead atoms. The normalized spacial score (nSPS) is 14.8. The summed E-state index contributed by atoms with van der Waals surface area (Å²) >= 11 is 0. The molecular formula is C13H18N2O2. The van der Waals surface area contributed by atoms with Gasteiger partial charge in [0.1, 0.15) is 5.75 Å². The molecule has 2 aromatic rings. The number of nitrogens with two attached hydrogens (primary N) is 1. The minimum Gasteiger partial charge on any atom is -0.495 e. The number of hydrogen-bond donors (Lipinski definition) is 3. The summed E-state index contributed by atoms with van der Waals surface area (Å²) in [4.78, 5) is 3.13. The Kier molecular flexibility index (Phi) is 3.36. The molecule has 0 saturated heterocycles. The lowest BCUT2D eigenvalue weighted by atomic mass is 10.0. The minimum atomic E-state index is -0.652. The molecule has 2 unspecified atom stereocenters. The summed E-state index contributed by atoms with van der Waals surface area (Å²) in [5.41, 5.74) is 7.60. The Morgan fingerprint density at radius 1 is 1.47 bits per heavy atom. The highest BCUT2D eigenvalue weighted by Crippen LogP contribution is 2.31. The van der Waals surface area contributed by atoms with Crippen LogP contribution in [0.1, 0.15) is 25.0 Å². The average Bonchev–Trinajstić information content (AvgIpc) is 2.80. The van der Waals surface area contributed by atoms with E-state index in [1.165, 1.54) is 0 Å². The van der Waals surface area contributed by atoms with Crippen LogP contribution in [0.15, 0.2) is 24.4 Å². The fraction of sp³-hybridized carbons (Fsp3) is 0.385. The third-order valence-corrected chi connectivity index (χ3v) is 3.12. The SMILES string of the molecule is CCC(N)C(O)c1c[nH]c2c(OC)cccc12. The zero-order valence-electron chi connectivity index (χ0n) is 10.1. The van der Waals surface area contributed by atoms with Crippen LogP contribution in [0.3, 0.4) is 0 Å². The largest absolute Gasteiger partial charge is 0.495 e. The fourth-order valence-electron chi connectivity index (χ4n) is 2.02. The molecule has 1 aromatic heterocycles. The van der Waals surface area contributed by atoms with Gasteiger partial charge in [-0.3, -0.25) is 0 Å². The zero-order valence-corrected chi connectivity index (χ0v) is 10.1. The summed E-state index contributed by atoms with van der Waals surface area (Å²) in [6.45, 7) is 1.96. The summed E-state index contributed by atoms with van der Waals surface area (Å²) in [5, 5.41) is 11.1. The van der Waals surface area contributed by atoms with Crippen LogP contribution in [0.4, 0.5) is 0 Å². The molecule has 0 aliphatic rings. The van der Waals surface area contributed by atoms with Crippen molar-refractivity contribution in [3.8, 4) is 5.75 Å². The van der Waals surface area contributed by atoms with Crippen LogP contribution in [0.5, 0.6) is 5.75 Å². The number of methoxy groups -OCH3 is 1. The summed E-state index contributed by atoms with van der Waals surface area (Å²) in [7, 11) is 1.63. The molecule has 0 fully saturated rings. The van der Waals surface area contributed by atoms with E-state index in [2.05, 4.69) is 4.98 Å². The van der Waals surface area contributed by atoms with Crippen molar-refractivity contribution in [1.29, 1.82) is 0 Å². The standard InChI is InChI=1S/C13H18N2O2/c1-3-10(14)13(16)9-7-15-12-8(9)5-4-6-11(12)17-2/h4-7,10,13,15-16H,3,14H2,1-2H3. The van der Waals surface area contributed by atoms with Crippen molar-refractivity contribution in [3.63, 3.8) is 0 Å². The lowest BCUT2D eigenvalue weighted by molar-refractivity contribution is 0.146. The van der Waals surface area contributed by atoms with Gasteiger partial charge in [0.15, 0.2) is 0 Å². The predicted molar refractivity (Wildman–Crippen MR) is 68.1 cm³/mol. The zero-order chi connectivity index (χ0) is 12.4. The number of aromatic amines is 1. The first-order valence-corrected chi connectivity index (χ1v) is 5.76. The number of aliphatic hydroxyl groups is 1. The number of aromatic nitrogens is 1. The van der Waals surface area contributed by atoms with Gasteiger partial charge in [0, 0.05) is 23.2 Å². The molecule has 17 heavy (non-hydrogen) atoms. The van der Waals surface area contributed by atoms with E-state index in [-0.39, 0.29) is 6.04 Å². The molecule has 0 spiro atoms. The van der Waals surface area contributed by atoms with Gasteiger partial charge in [-0.1, -0.05) is 19.1 Å². The van der Waals surface area contributed by atoms with Crippen molar-refractivity contribution in [1.82, 2.24) is 4.98 Å². The van der Waals surface area contributed by atoms with Crippen LogP contribution in [0.2, 0.25) is 0 Å². The second-order valence-electron chi connectivity index (χ2n) is 4.14. The number of rotatable bonds is 4. The van der Waals surface area contributed by atoms with Crippen molar-refractivity contribution >= 4 is 10.9 Å².